The molecule has 0 spiro atoms. The van der Waals surface area contributed by atoms with Crippen LogP contribution in [0.3, 0.4) is 0 Å². The van der Waals surface area contributed by atoms with Gasteiger partial charge in [0.05, 0.1) is 34.5 Å². The molecular weight excluding hydrogens is 446 g/mol. The van der Waals surface area contributed by atoms with E-state index in [0.717, 1.165) is 17.0 Å². The minimum atomic E-state index is -0.986. The number of nitro benzene ring substituents is 2. The summed E-state index contributed by atoms with van der Waals surface area (Å²) in [6.07, 6.45) is 1.00. The zero-order valence-electron chi connectivity index (χ0n) is 16.4. The molecular formula is C19H15N3O9S. The summed E-state index contributed by atoms with van der Waals surface area (Å²) in [6.45, 7) is -0.125. The van der Waals surface area contributed by atoms with Crippen molar-refractivity contribution in [3.8, 4) is 17.2 Å². The number of carbonyl (C=O) groups is 2. The highest BCUT2D eigenvalue weighted by atomic mass is 32.2. The molecule has 0 bridgehead atoms. The van der Waals surface area contributed by atoms with Crippen molar-refractivity contribution in [3.63, 3.8) is 0 Å². The predicted octanol–water partition coefficient (Wildman–Crippen LogP) is 3.33. The smallest absolute Gasteiger partial charge is 0.318 e. The van der Waals surface area contributed by atoms with Crippen molar-refractivity contribution < 1.29 is 34.0 Å². The minimum absolute atomic E-state index is 0.0285. The van der Waals surface area contributed by atoms with E-state index in [1.807, 2.05) is 0 Å². The molecule has 166 valence electrons. The van der Waals surface area contributed by atoms with Crippen LogP contribution in [0.15, 0.2) is 41.3 Å². The Morgan fingerprint density at radius 1 is 1.12 bits per heavy atom. The van der Waals surface area contributed by atoms with Crippen LogP contribution in [0.4, 0.5) is 16.2 Å². The molecule has 0 saturated carbocycles. The summed E-state index contributed by atoms with van der Waals surface area (Å²) < 4.78 is 10.7. The molecule has 32 heavy (non-hydrogen) atoms. The van der Waals surface area contributed by atoms with Gasteiger partial charge < -0.3 is 14.6 Å². The Hall–Kier alpha value is -4.13. The lowest BCUT2D eigenvalue weighted by atomic mass is 10.1. The Labute approximate surface area is 184 Å². The summed E-state index contributed by atoms with van der Waals surface area (Å²) in [4.78, 5) is 45.9. The van der Waals surface area contributed by atoms with Gasteiger partial charge in [-0.05, 0) is 30.0 Å². The van der Waals surface area contributed by atoms with Gasteiger partial charge in [-0.25, -0.2) is 0 Å². The third-order valence-corrected chi connectivity index (χ3v) is 5.22. The number of ether oxygens (including phenoxy) is 2. The second-order valence-corrected chi connectivity index (χ2v) is 7.24. The Balaban J connectivity index is 1.80. The van der Waals surface area contributed by atoms with Crippen LogP contribution in [0.2, 0.25) is 0 Å². The normalized spacial score (nSPS) is 14.7. The average molecular weight is 461 g/mol. The van der Waals surface area contributed by atoms with E-state index < -0.39 is 38.1 Å². The van der Waals surface area contributed by atoms with Crippen LogP contribution in [0, 0.1) is 20.2 Å². The highest BCUT2D eigenvalue weighted by molar-refractivity contribution is 8.18. The van der Waals surface area contributed by atoms with E-state index in [4.69, 9.17) is 9.47 Å². The van der Waals surface area contributed by atoms with Crippen molar-refractivity contribution in [1.82, 2.24) is 4.90 Å². The number of phenolic OH excluding ortho intramolecular Hbond substituents is 1. The molecule has 3 rings (SSSR count). The molecule has 0 aromatic heterocycles. The first-order valence-electron chi connectivity index (χ1n) is 8.90. The minimum Gasteiger partial charge on any atom is -0.502 e. The maximum absolute atomic E-state index is 12.6. The number of methoxy groups -OCH3 is 1. The zero-order chi connectivity index (χ0) is 23.4. The molecule has 1 heterocycles. The van der Waals surface area contributed by atoms with Crippen molar-refractivity contribution in [1.29, 1.82) is 0 Å². The van der Waals surface area contributed by atoms with Gasteiger partial charge in [0.25, 0.3) is 16.8 Å². The van der Waals surface area contributed by atoms with Crippen molar-refractivity contribution in [2.24, 2.45) is 0 Å². The molecule has 1 aliphatic heterocycles. The van der Waals surface area contributed by atoms with Crippen LogP contribution in [0.1, 0.15) is 5.56 Å². The summed E-state index contributed by atoms with van der Waals surface area (Å²) in [6, 6.07) is 8.30. The number of para-hydroxylation sites is 2. The maximum Gasteiger partial charge on any atom is 0.318 e. The standard InChI is InChI=1S/C19H15N3O9S/c1-30-14-4-2-3-5-15(14)31-7-6-20-18(24)16(32-19(20)25)9-11-8-12(21(26)27)10-13(17(11)23)22(28)29/h2-5,8-10,23H,6-7H2,1H3/b16-9-. The molecule has 0 radical (unpaired) electrons. The molecule has 2 amide bonds. The van der Waals surface area contributed by atoms with Crippen LogP contribution in [0.25, 0.3) is 6.08 Å². The van der Waals surface area contributed by atoms with Crippen LogP contribution in [0.5, 0.6) is 17.2 Å². The van der Waals surface area contributed by atoms with Crippen LogP contribution in [-0.2, 0) is 4.79 Å². The lowest BCUT2D eigenvalue weighted by Gasteiger charge is -2.14. The van der Waals surface area contributed by atoms with E-state index in [2.05, 4.69) is 0 Å². The number of imide groups is 1. The van der Waals surface area contributed by atoms with Gasteiger partial charge in [0.2, 0.25) is 5.75 Å². The molecule has 1 fully saturated rings. The quantitative estimate of drug-likeness (QED) is 0.350. The fraction of sp³-hybridized carbons (Fsp3) is 0.158. The fourth-order valence-electron chi connectivity index (χ4n) is 2.80. The summed E-state index contributed by atoms with van der Waals surface area (Å²) in [7, 11) is 1.47. The lowest BCUT2D eigenvalue weighted by Crippen LogP contribution is -2.32. The highest BCUT2D eigenvalue weighted by Crippen LogP contribution is 2.39. The van der Waals surface area contributed by atoms with Gasteiger partial charge >= 0.3 is 5.69 Å². The number of hydrogen-bond acceptors (Lipinski definition) is 10. The maximum atomic E-state index is 12.6. The van der Waals surface area contributed by atoms with E-state index in [1.54, 1.807) is 24.3 Å². The van der Waals surface area contributed by atoms with Gasteiger partial charge in [-0.3, -0.25) is 34.7 Å². The van der Waals surface area contributed by atoms with Crippen molar-refractivity contribution in [2.75, 3.05) is 20.3 Å². The second kappa shape index (κ2) is 9.34. The summed E-state index contributed by atoms with van der Waals surface area (Å²) in [5, 5.41) is 31.6. The number of benzene rings is 2. The van der Waals surface area contributed by atoms with E-state index in [1.165, 1.54) is 7.11 Å². The SMILES string of the molecule is COc1ccccc1OCCN1C(=O)S/C(=C\c2cc([N+](=O)[O-])cc([N+](=O)[O-])c2O)C1=O. The Kier molecular flexibility index (Phi) is 6.59. The first kappa shape index (κ1) is 22.6. The number of carbonyl (C=O) groups excluding carboxylic acids is 2. The number of hydrogen-bond donors (Lipinski definition) is 1. The van der Waals surface area contributed by atoms with Crippen LogP contribution in [-0.4, -0.2) is 51.3 Å². The molecule has 1 N–H and O–H groups in total. The molecule has 2 aromatic carbocycles. The first-order chi connectivity index (χ1) is 15.2. The number of phenols is 1. The second-order valence-electron chi connectivity index (χ2n) is 6.25. The Morgan fingerprint density at radius 3 is 2.44 bits per heavy atom. The third kappa shape index (κ3) is 4.62. The monoisotopic (exact) mass is 461 g/mol. The van der Waals surface area contributed by atoms with Gasteiger partial charge in [-0.15, -0.1) is 0 Å². The van der Waals surface area contributed by atoms with Gasteiger partial charge in [0.15, 0.2) is 11.5 Å². The summed E-state index contributed by atoms with van der Waals surface area (Å²) in [5.41, 5.74) is -1.87. The van der Waals surface area contributed by atoms with Crippen molar-refractivity contribution >= 4 is 40.4 Å². The fourth-order valence-corrected chi connectivity index (χ4v) is 3.66. The third-order valence-electron chi connectivity index (χ3n) is 4.31. The van der Waals surface area contributed by atoms with Crippen molar-refractivity contribution in [2.45, 2.75) is 0 Å². The van der Waals surface area contributed by atoms with Gasteiger partial charge in [0.1, 0.15) is 6.61 Å². The molecule has 0 atom stereocenters. The highest BCUT2D eigenvalue weighted by Gasteiger charge is 2.35. The average Bonchev–Trinajstić information content (AvgIpc) is 3.02. The Morgan fingerprint density at radius 2 is 1.81 bits per heavy atom. The topological polar surface area (TPSA) is 162 Å². The number of rotatable bonds is 8. The molecule has 13 heteroatoms. The molecule has 1 saturated heterocycles. The van der Waals surface area contributed by atoms with Gasteiger partial charge in [-0.1, -0.05) is 12.1 Å². The Bertz CT molecular complexity index is 1150. The number of non-ortho nitro benzene ring substituents is 1. The van der Waals surface area contributed by atoms with Gasteiger partial charge in [0, 0.05) is 11.6 Å². The zero-order valence-corrected chi connectivity index (χ0v) is 17.2. The number of aromatic hydroxyl groups is 1. The molecule has 2 aromatic rings. The number of amides is 2. The largest absolute Gasteiger partial charge is 0.502 e. The van der Waals surface area contributed by atoms with Gasteiger partial charge in [-0.2, -0.15) is 0 Å². The first-order valence-corrected chi connectivity index (χ1v) is 9.71. The molecule has 1 aliphatic rings. The van der Waals surface area contributed by atoms with Crippen LogP contribution < -0.4 is 9.47 Å². The van der Waals surface area contributed by atoms with E-state index >= 15 is 0 Å². The number of thioether (sulfide) groups is 1. The van der Waals surface area contributed by atoms with E-state index in [0.29, 0.717) is 29.3 Å². The number of nitro groups is 2. The molecule has 0 aliphatic carbocycles. The van der Waals surface area contributed by atoms with Crippen molar-refractivity contribution in [3.05, 3.63) is 67.1 Å². The summed E-state index contributed by atoms with van der Waals surface area (Å²) in [5.74, 6) is -0.681. The van der Waals surface area contributed by atoms with E-state index in [-0.39, 0.29) is 23.6 Å². The van der Waals surface area contributed by atoms with Crippen LogP contribution >= 0.6 is 11.8 Å². The molecule has 12 nitrogen and oxygen atoms in total. The number of nitrogens with zero attached hydrogens (tertiary/aromatic N) is 3. The summed E-state index contributed by atoms with van der Waals surface area (Å²) >= 11 is 0.535. The molecule has 0 unspecified atom stereocenters. The van der Waals surface area contributed by atoms with E-state index in [9.17, 15) is 34.9 Å². The lowest BCUT2D eigenvalue weighted by molar-refractivity contribution is -0.394. The predicted molar refractivity (Wildman–Crippen MR) is 113 cm³/mol.